The molecule has 0 aliphatic carbocycles. The van der Waals surface area contributed by atoms with Crippen LogP contribution in [-0.2, 0) is 4.74 Å². The summed E-state index contributed by atoms with van der Waals surface area (Å²) in [6.07, 6.45) is 27.2. The van der Waals surface area contributed by atoms with Crippen LogP contribution in [0.15, 0.2) is 24.3 Å². The Morgan fingerprint density at radius 2 is 1.20 bits per heavy atom. The molecule has 0 aliphatic rings. The maximum atomic E-state index is 12.5. The molecule has 0 saturated heterocycles. The van der Waals surface area contributed by atoms with Crippen LogP contribution in [0.5, 0.6) is 0 Å². The number of carbonyl (C=O) groups excluding carboxylic acids is 2. The van der Waals surface area contributed by atoms with Gasteiger partial charge in [-0.25, -0.2) is 4.79 Å². The Labute approximate surface area is 248 Å². The average molecular weight is 559 g/mol. The van der Waals surface area contributed by atoms with E-state index >= 15 is 0 Å². The summed E-state index contributed by atoms with van der Waals surface area (Å²) < 4.78 is 5.45. The number of carbonyl (C=O) groups is 2. The van der Waals surface area contributed by atoms with Gasteiger partial charge in [0.05, 0.1) is 23.3 Å². The minimum Gasteiger partial charge on any atom is -0.462 e. The van der Waals surface area contributed by atoms with E-state index < -0.39 is 5.97 Å². The van der Waals surface area contributed by atoms with E-state index in [0.717, 1.165) is 12.8 Å². The van der Waals surface area contributed by atoms with Crippen molar-refractivity contribution in [2.75, 3.05) is 6.61 Å². The minimum atomic E-state index is -0.416. The van der Waals surface area contributed by atoms with Gasteiger partial charge in [-0.3, -0.25) is 4.79 Å². The summed E-state index contributed by atoms with van der Waals surface area (Å²) in [5.41, 5.74) is 0.726. The van der Waals surface area contributed by atoms with Crippen LogP contribution in [0, 0.1) is 22.7 Å². The van der Waals surface area contributed by atoms with Crippen LogP contribution >= 0.6 is 0 Å². The van der Waals surface area contributed by atoms with E-state index in [2.05, 4.69) is 6.92 Å². The molecule has 0 spiro atoms. The third-order valence-corrected chi connectivity index (χ3v) is 8.00. The van der Waals surface area contributed by atoms with E-state index in [1.807, 2.05) is 12.1 Å². The van der Waals surface area contributed by atoms with Gasteiger partial charge in [0, 0.05) is 5.56 Å². The monoisotopic (exact) mass is 558 g/mol. The fourth-order valence-corrected chi connectivity index (χ4v) is 5.50. The summed E-state index contributed by atoms with van der Waals surface area (Å²) >= 11 is 0. The van der Waals surface area contributed by atoms with Gasteiger partial charge >= 0.3 is 5.97 Å². The van der Waals surface area contributed by atoms with Crippen LogP contribution in [0.2, 0.25) is 0 Å². The SMILES string of the molecule is CCCCCCCCCCCCCCCCCCCCCCOC(=O)c1ccc2c(C=O)c(C#N)c(C#N)cc2c1. The third-order valence-electron chi connectivity index (χ3n) is 8.00. The van der Waals surface area contributed by atoms with E-state index in [9.17, 15) is 20.1 Å². The first-order valence-corrected chi connectivity index (χ1v) is 16.2. The van der Waals surface area contributed by atoms with Gasteiger partial charge in [0.2, 0.25) is 0 Å². The molecule has 0 bridgehead atoms. The molecule has 5 heteroatoms. The topological polar surface area (TPSA) is 90.9 Å². The average Bonchev–Trinajstić information content (AvgIpc) is 3.00. The Kier molecular flexibility index (Phi) is 17.9. The molecular formula is C36H50N2O3. The molecule has 0 heterocycles. The van der Waals surface area contributed by atoms with Crippen LogP contribution in [-0.4, -0.2) is 18.9 Å². The van der Waals surface area contributed by atoms with Gasteiger partial charge in [-0.2, -0.15) is 10.5 Å². The Morgan fingerprint density at radius 1 is 0.707 bits per heavy atom. The number of hydrogen-bond acceptors (Lipinski definition) is 5. The number of nitrogens with zero attached hydrogens (tertiary/aromatic N) is 2. The van der Waals surface area contributed by atoms with Crippen molar-refractivity contribution in [1.29, 1.82) is 10.5 Å². The van der Waals surface area contributed by atoms with E-state index in [4.69, 9.17) is 4.74 Å². The Bertz CT molecular complexity index is 1140. The van der Waals surface area contributed by atoms with Crippen LogP contribution in [0.1, 0.15) is 167 Å². The lowest BCUT2D eigenvalue weighted by Crippen LogP contribution is -2.07. The standard InChI is InChI=1S/C36H50N2O3/c1-2-3-4-5-6-7-8-9-10-11-12-13-14-15-16-17-18-19-20-21-24-41-36(40)30-22-23-33-31(25-30)26-32(27-37)34(28-38)35(33)29-39/h22-23,25-26,29H,2-21,24H2,1H3. The molecule has 222 valence electrons. The fourth-order valence-electron chi connectivity index (χ4n) is 5.50. The van der Waals surface area contributed by atoms with Gasteiger partial charge in [-0.05, 0) is 35.4 Å². The van der Waals surface area contributed by atoms with Gasteiger partial charge in [-0.15, -0.1) is 0 Å². The lowest BCUT2D eigenvalue weighted by atomic mass is 9.94. The summed E-state index contributed by atoms with van der Waals surface area (Å²) in [5.74, 6) is -0.416. The molecule has 0 amide bonds. The third kappa shape index (κ3) is 12.9. The van der Waals surface area contributed by atoms with Crippen molar-refractivity contribution in [1.82, 2.24) is 0 Å². The molecule has 0 radical (unpaired) electrons. The summed E-state index contributed by atoms with van der Waals surface area (Å²) in [4.78, 5) is 24.1. The maximum absolute atomic E-state index is 12.5. The summed E-state index contributed by atoms with van der Waals surface area (Å²) in [6.45, 7) is 2.66. The molecule has 0 fully saturated rings. The molecule has 41 heavy (non-hydrogen) atoms. The Morgan fingerprint density at radius 3 is 1.63 bits per heavy atom. The first-order chi connectivity index (χ1) is 20.2. The second-order valence-electron chi connectivity index (χ2n) is 11.3. The number of ether oxygens (including phenoxy) is 1. The van der Waals surface area contributed by atoms with Crippen molar-refractivity contribution < 1.29 is 14.3 Å². The highest BCUT2D eigenvalue weighted by molar-refractivity contribution is 6.04. The van der Waals surface area contributed by atoms with E-state index in [1.54, 1.807) is 18.2 Å². The molecule has 2 rings (SSSR count). The largest absolute Gasteiger partial charge is 0.462 e. The summed E-state index contributed by atoms with van der Waals surface area (Å²) in [7, 11) is 0. The maximum Gasteiger partial charge on any atom is 0.338 e. The number of fused-ring (bicyclic) bond motifs is 1. The molecule has 0 N–H and O–H groups in total. The number of benzene rings is 2. The highest BCUT2D eigenvalue weighted by Gasteiger charge is 2.15. The van der Waals surface area contributed by atoms with Gasteiger partial charge in [0.15, 0.2) is 6.29 Å². The number of rotatable bonds is 23. The molecule has 2 aromatic rings. The van der Waals surface area contributed by atoms with Crippen molar-refractivity contribution in [2.24, 2.45) is 0 Å². The second-order valence-corrected chi connectivity index (χ2v) is 11.3. The lowest BCUT2D eigenvalue weighted by molar-refractivity contribution is 0.0497. The first kappa shape index (κ1) is 34.0. The van der Waals surface area contributed by atoms with Crippen molar-refractivity contribution >= 4 is 23.0 Å². The molecule has 5 nitrogen and oxygen atoms in total. The predicted octanol–water partition coefficient (Wildman–Crippen LogP) is 10.4. The van der Waals surface area contributed by atoms with E-state index in [0.29, 0.717) is 29.2 Å². The fraction of sp³-hybridized carbons (Fsp3) is 0.611. The number of nitriles is 2. The van der Waals surface area contributed by atoms with Crippen molar-refractivity contribution in [2.45, 2.75) is 135 Å². The predicted molar refractivity (Wildman–Crippen MR) is 167 cm³/mol. The quantitative estimate of drug-likeness (QED) is 0.0768. The number of esters is 1. The minimum absolute atomic E-state index is 0.0601. The molecule has 0 aliphatic heterocycles. The first-order valence-electron chi connectivity index (χ1n) is 16.2. The summed E-state index contributed by atoms with van der Waals surface area (Å²) in [5, 5.41) is 19.8. The molecule has 2 aromatic carbocycles. The summed E-state index contributed by atoms with van der Waals surface area (Å²) in [6, 6.07) is 10.3. The molecule has 0 saturated carbocycles. The molecule has 0 aromatic heterocycles. The smallest absolute Gasteiger partial charge is 0.338 e. The van der Waals surface area contributed by atoms with Gasteiger partial charge < -0.3 is 4.74 Å². The van der Waals surface area contributed by atoms with Crippen LogP contribution in [0.25, 0.3) is 10.8 Å². The van der Waals surface area contributed by atoms with Gasteiger partial charge in [-0.1, -0.05) is 135 Å². The highest BCUT2D eigenvalue weighted by atomic mass is 16.5. The van der Waals surface area contributed by atoms with E-state index in [-0.39, 0.29) is 16.7 Å². The molecular weight excluding hydrogens is 508 g/mol. The van der Waals surface area contributed by atoms with E-state index in [1.165, 1.54) is 122 Å². The van der Waals surface area contributed by atoms with Crippen LogP contribution in [0.4, 0.5) is 0 Å². The van der Waals surface area contributed by atoms with Crippen molar-refractivity contribution in [3.05, 3.63) is 46.5 Å². The Hall–Kier alpha value is -3.18. The zero-order valence-corrected chi connectivity index (χ0v) is 25.4. The Balaban J connectivity index is 1.47. The van der Waals surface area contributed by atoms with Gasteiger partial charge in [0.25, 0.3) is 0 Å². The second kappa shape index (κ2) is 21.6. The number of hydrogen-bond donors (Lipinski definition) is 0. The molecule has 0 atom stereocenters. The van der Waals surface area contributed by atoms with Crippen molar-refractivity contribution in [3.63, 3.8) is 0 Å². The lowest BCUT2D eigenvalue weighted by Gasteiger charge is -2.09. The van der Waals surface area contributed by atoms with Crippen molar-refractivity contribution in [3.8, 4) is 12.1 Å². The number of unbranched alkanes of at least 4 members (excludes halogenated alkanes) is 19. The van der Waals surface area contributed by atoms with Crippen LogP contribution < -0.4 is 0 Å². The van der Waals surface area contributed by atoms with Gasteiger partial charge in [0.1, 0.15) is 12.1 Å². The normalized spacial score (nSPS) is 10.8. The zero-order chi connectivity index (χ0) is 29.5. The zero-order valence-electron chi connectivity index (χ0n) is 25.4. The van der Waals surface area contributed by atoms with Crippen LogP contribution in [0.3, 0.4) is 0 Å². The molecule has 0 unspecified atom stereocenters. The highest BCUT2D eigenvalue weighted by Crippen LogP contribution is 2.26. The number of aldehydes is 1.